The van der Waals surface area contributed by atoms with Crippen molar-refractivity contribution in [3.8, 4) is 5.88 Å². The number of hydrogen-bond donors (Lipinski definition) is 1. The smallest absolute Gasteiger partial charge is 0.212 e. The second kappa shape index (κ2) is 4.23. The Morgan fingerprint density at radius 3 is 2.46 bits per heavy atom. The lowest BCUT2D eigenvalue weighted by atomic mass is 9.99. The van der Waals surface area contributed by atoms with Crippen molar-refractivity contribution in [3.05, 3.63) is 23.9 Å². The summed E-state index contributed by atoms with van der Waals surface area (Å²) >= 11 is 0. The van der Waals surface area contributed by atoms with Gasteiger partial charge in [0, 0.05) is 18.3 Å². The molecule has 0 saturated carbocycles. The van der Waals surface area contributed by atoms with Crippen LogP contribution in [0.4, 0.5) is 0 Å². The number of nitrogens with two attached hydrogens (primary N) is 1. The number of pyridine rings is 1. The Kier molecular flexibility index (Phi) is 3.25. The molecule has 0 amide bonds. The zero-order chi connectivity index (χ0) is 9.84. The van der Waals surface area contributed by atoms with Gasteiger partial charge in [-0.15, -0.1) is 0 Å². The number of ether oxygens (including phenoxy) is 1. The summed E-state index contributed by atoms with van der Waals surface area (Å²) in [6.07, 6.45) is 1.77. The fourth-order valence-electron chi connectivity index (χ4n) is 1.09. The van der Waals surface area contributed by atoms with E-state index in [0.29, 0.717) is 11.8 Å². The van der Waals surface area contributed by atoms with Gasteiger partial charge in [-0.05, 0) is 11.5 Å². The van der Waals surface area contributed by atoms with Crippen molar-refractivity contribution in [3.63, 3.8) is 0 Å². The normalized spacial score (nSPS) is 13.0. The Bertz CT molecular complexity index is 256. The molecule has 0 aliphatic heterocycles. The van der Waals surface area contributed by atoms with Gasteiger partial charge in [0.2, 0.25) is 5.88 Å². The molecule has 1 heterocycles. The van der Waals surface area contributed by atoms with Gasteiger partial charge in [-0.25, -0.2) is 4.98 Å². The number of hydrogen-bond acceptors (Lipinski definition) is 3. The molecule has 0 unspecified atom stereocenters. The minimum atomic E-state index is 0.0541. The molecule has 13 heavy (non-hydrogen) atoms. The van der Waals surface area contributed by atoms with Gasteiger partial charge in [-0.2, -0.15) is 0 Å². The molecule has 1 atom stereocenters. The first-order chi connectivity index (χ1) is 6.15. The fourth-order valence-corrected chi connectivity index (χ4v) is 1.09. The fraction of sp³-hybridized carbons (Fsp3) is 0.500. The minimum Gasteiger partial charge on any atom is -0.481 e. The van der Waals surface area contributed by atoms with Gasteiger partial charge in [0.1, 0.15) is 0 Å². The number of nitrogens with zero attached hydrogens (tertiary/aromatic N) is 1. The largest absolute Gasteiger partial charge is 0.481 e. The van der Waals surface area contributed by atoms with Crippen molar-refractivity contribution in [1.29, 1.82) is 0 Å². The molecule has 0 aromatic carbocycles. The van der Waals surface area contributed by atoms with E-state index < -0.39 is 0 Å². The molecule has 0 fully saturated rings. The molecule has 0 saturated heterocycles. The van der Waals surface area contributed by atoms with Crippen LogP contribution >= 0.6 is 0 Å². The van der Waals surface area contributed by atoms with Gasteiger partial charge in [0.15, 0.2) is 0 Å². The van der Waals surface area contributed by atoms with Crippen molar-refractivity contribution in [2.45, 2.75) is 19.9 Å². The molecule has 1 aromatic rings. The predicted octanol–water partition coefficient (Wildman–Crippen LogP) is 1.75. The summed E-state index contributed by atoms with van der Waals surface area (Å²) in [5.41, 5.74) is 7.00. The van der Waals surface area contributed by atoms with Gasteiger partial charge in [-0.3, -0.25) is 0 Å². The van der Waals surface area contributed by atoms with Crippen LogP contribution < -0.4 is 10.5 Å². The summed E-state index contributed by atoms with van der Waals surface area (Å²) in [5.74, 6) is 1.05. The van der Waals surface area contributed by atoms with Crippen molar-refractivity contribution in [1.82, 2.24) is 4.98 Å². The highest BCUT2D eigenvalue weighted by Gasteiger charge is 2.10. The monoisotopic (exact) mass is 180 g/mol. The lowest BCUT2D eigenvalue weighted by Crippen LogP contribution is -2.16. The lowest BCUT2D eigenvalue weighted by Gasteiger charge is -2.15. The minimum absolute atomic E-state index is 0.0541. The lowest BCUT2D eigenvalue weighted by molar-refractivity contribution is 0.396. The maximum Gasteiger partial charge on any atom is 0.212 e. The number of methoxy groups -OCH3 is 1. The van der Waals surface area contributed by atoms with Gasteiger partial charge in [-0.1, -0.05) is 19.9 Å². The Morgan fingerprint density at radius 1 is 1.38 bits per heavy atom. The number of rotatable bonds is 3. The second-order valence-corrected chi connectivity index (χ2v) is 3.40. The highest BCUT2D eigenvalue weighted by molar-refractivity contribution is 5.20. The molecule has 0 bridgehead atoms. The third-order valence-electron chi connectivity index (χ3n) is 2.07. The van der Waals surface area contributed by atoms with Gasteiger partial charge >= 0.3 is 0 Å². The van der Waals surface area contributed by atoms with Crippen LogP contribution in [0.2, 0.25) is 0 Å². The molecule has 0 spiro atoms. The Hall–Kier alpha value is -1.09. The molecular weight excluding hydrogens is 164 g/mol. The third-order valence-corrected chi connectivity index (χ3v) is 2.07. The Balaban J connectivity index is 2.79. The van der Waals surface area contributed by atoms with Crippen LogP contribution in [0.25, 0.3) is 0 Å². The highest BCUT2D eigenvalue weighted by atomic mass is 16.5. The summed E-state index contributed by atoms with van der Waals surface area (Å²) in [7, 11) is 1.60. The molecule has 2 N–H and O–H groups in total. The molecule has 72 valence electrons. The third kappa shape index (κ3) is 2.42. The standard InChI is InChI=1S/C10H16N2O/c1-7(2)10(11)8-4-5-9(13-3)12-6-8/h4-7,10H,11H2,1-3H3/t10-/m1/s1. The topological polar surface area (TPSA) is 48.1 Å². The van der Waals surface area contributed by atoms with E-state index in [1.165, 1.54) is 0 Å². The van der Waals surface area contributed by atoms with Crippen LogP contribution in [0, 0.1) is 5.92 Å². The van der Waals surface area contributed by atoms with Crippen molar-refractivity contribution in [2.24, 2.45) is 11.7 Å². The summed E-state index contributed by atoms with van der Waals surface area (Å²) < 4.78 is 4.96. The second-order valence-electron chi connectivity index (χ2n) is 3.40. The molecule has 0 aliphatic carbocycles. The summed E-state index contributed by atoms with van der Waals surface area (Å²) in [4.78, 5) is 4.10. The van der Waals surface area contributed by atoms with E-state index >= 15 is 0 Å². The molecule has 0 aliphatic rings. The maximum absolute atomic E-state index is 5.95. The average molecular weight is 180 g/mol. The van der Waals surface area contributed by atoms with Gasteiger partial charge in [0.25, 0.3) is 0 Å². The van der Waals surface area contributed by atoms with Crippen LogP contribution in [-0.2, 0) is 0 Å². The molecule has 3 nitrogen and oxygen atoms in total. The molecule has 1 rings (SSSR count). The number of aromatic nitrogens is 1. The summed E-state index contributed by atoms with van der Waals surface area (Å²) in [6, 6.07) is 3.84. The Morgan fingerprint density at radius 2 is 2.08 bits per heavy atom. The summed E-state index contributed by atoms with van der Waals surface area (Å²) in [6.45, 7) is 4.18. The van der Waals surface area contributed by atoms with Crippen LogP contribution in [0.3, 0.4) is 0 Å². The zero-order valence-electron chi connectivity index (χ0n) is 8.32. The van der Waals surface area contributed by atoms with E-state index in [2.05, 4.69) is 18.8 Å². The van der Waals surface area contributed by atoms with Crippen LogP contribution in [0.1, 0.15) is 25.5 Å². The average Bonchev–Trinajstić information content (AvgIpc) is 2.17. The molecule has 1 aromatic heterocycles. The quantitative estimate of drug-likeness (QED) is 0.770. The summed E-state index contributed by atoms with van der Waals surface area (Å²) in [5, 5.41) is 0. The van der Waals surface area contributed by atoms with Crippen LogP contribution in [0.15, 0.2) is 18.3 Å². The predicted molar refractivity (Wildman–Crippen MR) is 52.6 cm³/mol. The van der Waals surface area contributed by atoms with Crippen molar-refractivity contribution >= 4 is 0 Å². The van der Waals surface area contributed by atoms with E-state index in [0.717, 1.165) is 5.56 Å². The van der Waals surface area contributed by atoms with Crippen LogP contribution in [-0.4, -0.2) is 12.1 Å². The van der Waals surface area contributed by atoms with Crippen LogP contribution in [0.5, 0.6) is 5.88 Å². The first kappa shape index (κ1) is 9.99. The van der Waals surface area contributed by atoms with Crippen molar-refractivity contribution in [2.75, 3.05) is 7.11 Å². The molecular formula is C10H16N2O. The van der Waals surface area contributed by atoms with E-state index in [4.69, 9.17) is 10.5 Å². The van der Waals surface area contributed by atoms with E-state index in [9.17, 15) is 0 Å². The van der Waals surface area contributed by atoms with E-state index in [-0.39, 0.29) is 6.04 Å². The van der Waals surface area contributed by atoms with E-state index in [1.54, 1.807) is 13.3 Å². The zero-order valence-corrected chi connectivity index (χ0v) is 8.32. The molecule has 3 heteroatoms. The van der Waals surface area contributed by atoms with Crippen molar-refractivity contribution < 1.29 is 4.74 Å². The van der Waals surface area contributed by atoms with Gasteiger partial charge < -0.3 is 10.5 Å². The first-order valence-electron chi connectivity index (χ1n) is 4.40. The highest BCUT2D eigenvalue weighted by Crippen LogP contribution is 2.19. The molecule has 0 radical (unpaired) electrons. The maximum atomic E-state index is 5.95. The Labute approximate surface area is 78.9 Å². The SMILES string of the molecule is COc1ccc([C@H](N)C(C)C)cn1. The van der Waals surface area contributed by atoms with Gasteiger partial charge in [0.05, 0.1) is 7.11 Å². The first-order valence-corrected chi connectivity index (χ1v) is 4.40. The van der Waals surface area contributed by atoms with E-state index in [1.807, 2.05) is 12.1 Å².